The number of hydrogen-bond donors (Lipinski definition) is 3. The summed E-state index contributed by atoms with van der Waals surface area (Å²) in [6.45, 7) is 8.76. The van der Waals surface area contributed by atoms with E-state index in [1.807, 2.05) is 58.0 Å². The number of H-pyrrole nitrogens is 1. The summed E-state index contributed by atoms with van der Waals surface area (Å²) in [5.41, 5.74) is 4.77. The van der Waals surface area contributed by atoms with E-state index in [9.17, 15) is 24.3 Å². The first kappa shape index (κ1) is 31.7. The normalized spacial score (nSPS) is 19.6. The number of aryl methyl sites for hydroxylation is 1. The molecule has 0 radical (unpaired) electrons. The average Bonchev–Trinajstić information content (AvgIpc) is 3.38. The molecule has 3 aliphatic rings. The predicted octanol–water partition coefficient (Wildman–Crippen LogP) is 2.64. The highest BCUT2D eigenvalue weighted by Crippen LogP contribution is 2.40. The molecule has 2 atom stereocenters. The van der Waals surface area contributed by atoms with Crippen LogP contribution < -0.4 is 20.6 Å². The lowest BCUT2D eigenvalue weighted by molar-refractivity contribution is -0.151. The Balaban J connectivity index is 0.00000207. The highest BCUT2D eigenvalue weighted by atomic mass is 32.2. The number of carbonyl (C=O) groups is 4. The van der Waals surface area contributed by atoms with Gasteiger partial charge in [0, 0.05) is 34.9 Å². The summed E-state index contributed by atoms with van der Waals surface area (Å²) < 4.78 is 10.7. The number of nitrogens with zero attached hydrogens (tertiary/aromatic N) is 1. The first-order valence-corrected chi connectivity index (χ1v) is 15.4. The molecule has 0 bridgehead atoms. The number of amides is 2. The second kappa shape index (κ2) is 13.8. The van der Waals surface area contributed by atoms with Crippen LogP contribution in [0.25, 0.3) is 23.4 Å². The zero-order valence-electron chi connectivity index (χ0n) is 25.0. The Morgan fingerprint density at radius 1 is 1.21 bits per heavy atom. The smallest absolute Gasteiger partial charge is 0.352 e. The second-order valence-electron chi connectivity index (χ2n) is 9.89. The summed E-state index contributed by atoms with van der Waals surface area (Å²) in [5.74, 6) is -2.02. The lowest BCUT2D eigenvalue weighted by Gasteiger charge is -2.49. The number of β-lactam (4-membered cyclic amide) rings is 1. The Hall–Kier alpha value is -4.25. The van der Waals surface area contributed by atoms with Gasteiger partial charge in [-0.05, 0) is 67.3 Å². The fraction of sp³-hybridized carbons (Fsp3) is 0.375. The van der Waals surface area contributed by atoms with Crippen molar-refractivity contribution in [2.24, 2.45) is 0 Å². The fourth-order valence-corrected chi connectivity index (χ4v) is 6.76. The van der Waals surface area contributed by atoms with Crippen LogP contribution in [0.3, 0.4) is 0 Å². The Morgan fingerprint density at radius 3 is 2.65 bits per heavy atom. The minimum Gasteiger partial charge on any atom is -0.484 e. The van der Waals surface area contributed by atoms with Crippen molar-refractivity contribution in [3.05, 3.63) is 63.3 Å². The quantitative estimate of drug-likeness (QED) is 0.308. The highest BCUT2D eigenvalue weighted by Gasteiger charge is 2.54. The van der Waals surface area contributed by atoms with Gasteiger partial charge in [0.05, 0.1) is 0 Å². The third-order valence-corrected chi connectivity index (χ3v) is 8.64. The van der Waals surface area contributed by atoms with Gasteiger partial charge in [-0.15, -0.1) is 11.8 Å². The molecule has 1 saturated heterocycles. The molecular weight excluding hydrogens is 570 g/mol. The maximum atomic E-state index is 12.8. The molecule has 2 unspecified atom stereocenters. The number of aliphatic carboxylic acids is 1. The summed E-state index contributed by atoms with van der Waals surface area (Å²) in [4.78, 5) is 53.2. The number of fused-ring (bicyclic) bond motifs is 4. The van der Waals surface area contributed by atoms with Crippen molar-refractivity contribution in [2.45, 2.75) is 58.9 Å². The molecular formula is C32H37N3O7S. The molecule has 3 N–H and O–H groups in total. The number of carboxylic acid groups (broad SMARTS) is 1. The second-order valence-corrected chi connectivity index (χ2v) is 11.0. The van der Waals surface area contributed by atoms with Crippen molar-refractivity contribution in [3.8, 4) is 17.0 Å². The van der Waals surface area contributed by atoms with Gasteiger partial charge in [0.1, 0.15) is 29.5 Å². The molecule has 0 spiro atoms. The number of aromatic nitrogens is 1. The number of carbonyl (C=O) groups excluding carboxylic acids is 3. The summed E-state index contributed by atoms with van der Waals surface area (Å²) in [7, 11) is 0. The Labute approximate surface area is 254 Å². The molecule has 43 heavy (non-hydrogen) atoms. The Bertz CT molecular complexity index is 1620. The van der Waals surface area contributed by atoms with Crippen LogP contribution in [-0.2, 0) is 36.8 Å². The minimum atomic E-state index is -1.28. The minimum absolute atomic E-state index is 0.197. The van der Waals surface area contributed by atoms with Crippen molar-refractivity contribution < 1.29 is 33.8 Å². The number of allylic oxidation sites excluding steroid dienone is 2. The molecule has 0 saturated carbocycles. The van der Waals surface area contributed by atoms with Crippen molar-refractivity contribution in [1.29, 1.82) is 0 Å². The Morgan fingerprint density at radius 2 is 1.98 bits per heavy atom. The molecule has 2 aliphatic heterocycles. The van der Waals surface area contributed by atoms with E-state index >= 15 is 0 Å². The molecule has 1 fully saturated rings. The van der Waals surface area contributed by atoms with Crippen LogP contribution in [-0.4, -0.2) is 69.1 Å². The number of ether oxygens (including phenoxy) is 2. The van der Waals surface area contributed by atoms with E-state index in [0.29, 0.717) is 11.3 Å². The number of hydrogen-bond acceptors (Lipinski definition) is 7. The lowest BCUT2D eigenvalue weighted by atomic mass is 9.89. The monoisotopic (exact) mass is 607 g/mol. The van der Waals surface area contributed by atoms with Crippen LogP contribution in [0, 0.1) is 0 Å². The SMILES string of the molecule is CC.C\C=C/C=c1/[nH]c2c(/c1=C/C)CCc1cc(OCC(=O)NC3C(=O)N4C(C(=O)O)=C(COC(C)=O)CSC34)ccc1-2. The van der Waals surface area contributed by atoms with Crippen molar-refractivity contribution in [3.63, 3.8) is 0 Å². The maximum absolute atomic E-state index is 12.8. The van der Waals surface area contributed by atoms with E-state index in [-0.39, 0.29) is 24.7 Å². The zero-order valence-corrected chi connectivity index (χ0v) is 25.8. The van der Waals surface area contributed by atoms with E-state index in [2.05, 4.69) is 22.5 Å². The van der Waals surface area contributed by atoms with Gasteiger partial charge in [-0.3, -0.25) is 19.3 Å². The van der Waals surface area contributed by atoms with Gasteiger partial charge in [0.2, 0.25) is 0 Å². The summed E-state index contributed by atoms with van der Waals surface area (Å²) in [6, 6.07) is 4.90. The average molecular weight is 608 g/mol. The summed E-state index contributed by atoms with van der Waals surface area (Å²) in [5, 5.41) is 14.1. The topological polar surface area (TPSA) is 138 Å². The van der Waals surface area contributed by atoms with E-state index < -0.39 is 35.2 Å². The number of benzene rings is 1. The van der Waals surface area contributed by atoms with E-state index in [0.717, 1.165) is 39.9 Å². The van der Waals surface area contributed by atoms with Crippen molar-refractivity contribution in [2.75, 3.05) is 19.0 Å². The van der Waals surface area contributed by atoms with Crippen LogP contribution in [0.1, 0.15) is 45.7 Å². The van der Waals surface area contributed by atoms with Crippen molar-refractivity contribution in [1.82, 2.24) is 15.2 Å². The lowest BCUT2D eigenvalue weighted by Crippen LogP contribution is -2.71. The molecule has 2 amide bonds. The maximum Gasteiger partial charge on any atom is 0.352 e. The molecule has 3 heterocycles. The van der Waals surface area contributed by atoms with Crippen LogP contribution >= 0.6 is 11.8 Å². The van der Waals surface area contributed by atoms with Crippen molar-refractivity contribution >= 4 is 47.7 Å². The van der Waals surface area contributed by atoms with Gasteiger partial charge in [-0.1, -0.05) is 32.1 Å². The molecule has 228 valence electrons. The van der Waals surface area contributed by atoms with E-state index in [4.69, 9.17) is 9.47 Å². The summed E-state index contributed by atoms with van der Waals surface area (Å²) >= 11 is 1.31. The van der Waals surface area contributed by atoms with Gasteiger partial charge in [-0.25, -0.2) is 4.79 Å². The molecule has 1 aromatic carbocycles. The van der Waals surface area contributed by atoms with Crippen LogP contribution in [0.2, 0.25) is 0 Å². The molecule has 10 nitrogen and oxygen atoms in total. The molecule has 1 aliphatic carbocycles. The predicted molar refractivity (Wildman–Crippen MR) is 165 cm³/mol. The number of esters is 1. The third kappa shape index (κ3) is 6.41. The van der Waals surface area contributed by atoms with Gasteiger partial charge >= 0.3 is 11.9 Å². The molecule has 2 aromatic rings. The van der Waals surface area contributed by atoms with Gasteiger partial charge in [0.15, 0.2) is 6.61 Å². The van der Waals surface area contributed by atoms with Gasteiger partial charge < -0.3 is 24.9 Å². The molecule has 1 aromatic heterocycles. The number of rotatable bonds is 8. The van der Waals surface area contributed by atoms with Crippen LogP contribution in [0.4, 0.5) is 0 Å². The van der Waals surface area contributed by atoms with Gasteiger partial charge in [0.25, 0.3) is 11.8 Å². The first-order valence-electron chi connectivity index (χ1n) is 14.3. The number of aromatic amines is 1. The fourth-order valence-electron chi connectivity index (χ4n) is 5.44. The van der Waals surface area contributed by atoms with E-state index in [1.165, 1.54) is 29.5 Å². The number of thioether (sulfide) groups is 1. The standard InChI is InChI=1S/C30H31N3O7S.C2H6/c1-4-6-7-23-20(5-2)22-10-8-17-12-19(9-11-21(17)25(22)31-23)40-14-24(35)32-26-28(36)33-27(30(37)38)18(13-39-16(3)34)15-41-29(26)33;1-2/h4-7,9,11-12,26,29,31H,8,10,13-15H2,1-3H3,(H,32,35)(H,37,38);1-2H3/b6-4-,20-5-,23-7+;. The van der Waals surface area contributed by atoms with Crippen LogP contribution in [0.15, 0.2) is 41.6 Å². The van der Waals surface area contributed by atoms with Crippen LogP contribution in [0.5, 0.6) is 5.75 Å². The number of carboxylic acids is 1. The third-order valence-electron chi connectivity index (χ3n) is 7.30. The first-order chi connectivity index (χ1) is 20.7. The molecule has 5 rings (SSSR count). The number of nitrogens with one attached hydrogen (secondary N) is 2. The Kier molecular flexibility index (Phi) is 10.2. The van der Waals surface area contributed by atoms with E-state index in [1.54, 1.807) is 0 Å². The summed E-state index contributed by atoms with van der Waals surface area (Å²) in [6.07, 6.45) is 9.94. The van der Waals surface area contributed by atoms with Gasteiger partial charge in [-0.2, -0.15) is 0 Å². The highest BCUT2D eigenvalue weighted by molar-refractivity contribution is 8.00. The molecule has 11 heteroatoms. The zero-order chi connectivity index (χ0) is 31.3. The largest absolute Gasteiger partial charge is 0.484 e.